The number of unbranched alkanes of at least 4 members (excludes halogenated alkanes) is 11. The van der Waals surface area contributed by atoms with Crippen molar-refractivity contribution >= 4 is 5.97 Å². The molecule has 0 radical (unpaired) electrons. The van der Waals surface area contributed by atoms with Crippen LogP contribution in [0.3, 0.4) is 0 Å². The molecule has 1 unspecified atom stereocenters. The third-order valence-corrected chi connectivity index (χ3v) is 5.89. The lowest BCUT2D eigenvalue weighted by Gasteiger charge is -2.27. The highest BCUT2D eigenvalue weighted by molar-refractivity contribution is 5.69. The lowest BCUT2D eigenvalue weighted by atomic mass is 10.0. The van der Waals surface area contributed by atoms with Crippen molar-refractivity contribution in [1.29, 1.82) is 0 Å². The normalized spacial score (nSPS) is 18.0. The van der Waals surface area contributed by atoms with Crippen LogP contribution in [-0.2, 0) is 19.0 Å². The molecule has 0 bridgehead atoms. The minimum atomic E-state index is -0.191. The smallest absolute Gasteiger partial charge is 0.308 e. The van der Waals surface area contributed by atoms with E-state index in [0.29, 0.717) is 6.42 Å². The summed E-state index contributed by atoms with van der Waals surface area (Å²) in [5.41, 5.74) is 0. The largest absolute Gasteiger partial charge is 0.469 e. The fraction of sp³-hybridized carbons (Fsp3) is 0.885. The third-order valence-electron chi connectivity index (χ3n) is 5.89. The summed E-state index contributed by atoms with van der Waals surface area (Å²) in [6.07, 6.45) is 25.8. The van der Waals surface area contributed by atoms with E-state index in [1.54, 1.807) is 0 Å². The van der Waals surface area contributed by atoms with Crippen LogP contribution in [-0.4, -0.2) is 32.1 Å². The van der Waals surface area contributed by atoms with Crippen LogP contribution >= 0.6 is 0 Å². The Morgan fingerprint density at radius 3 is 2.17 bits per heavy atom. The third kappa shape index (κ3) is 15.9. The van der Waals surface area contributed by atoms with Gasteiger partial charge in [-0.1, -0.05) is 76.9 Å². The number of ether oxygens (including phenoxy) is 3. The predicted octanol–water partition coefficient (Wildman–Crippen LogP) is 7.50. The van der Waals surface area contributed by atoms with Crippen molar-refractivity contribution in [3.8, 4) is 0 Å². The number of allylic oxidation sites excluding steroid dienone is 2. The molecule has 0 aromatic rings. The van der Waals surface area contributed by atoms with Crippen LogP contribution in [0.15, 0.2) is 12.2 Å². The van der Waals surface area contributed by atoms with Gasteiger partial charge in [0.25, 0.3) is 0 Å². The molecule has 4 heteroatoms. The van der Waals surface area contributed by atoms with Gasteiger partial charge in [-0.15, -0.1) is 0 Å². The van der Waals surface area contributed by atoms with E-state index in [1.807, 2.05) is 0 Å². The van der Waals surface area contributed by atoms with Gasteiger partial charge < -0.3 is 14.2 Å². The van der Waals surface area contributed by atoms with Gasteiger partial charge in [0.15, 0.2) is 6.29 Å². The first-order valence-corrected chi connectivity index (χ1v) is 12.7. The molecule has 1 aliphatic heterocycles. The summed E-state index contributed by atoms with van der Waals surface area (Å²) in [4.78, 5) is 11.7. The van der Waals surface area contributed by atoms with Gasteiger partial charge in [0, 0.05) is 6.61 Å². The standard InChI is InChI=1S/C26H48O4/c1-3-4-5-6-7-8-9-10-11-12-13-14-15-16-17-20-24(23-25(27)28-2)30-26-21-18-19-22-29-26/h10-11,24,26H,3-9,12-23H2,1-2H3/b11-10-/t24-,26?/m0/s1. The second-order valence-electron chi connectivity index (χ2n) is 8.71. The van der Waals surface area contributed by atoms with E-state index in [9.17, 15) is 4.79 Å². The molecule has 0 amide bonds. The number of carbonyl (C=O) groups excluding carboxylic acids is 1. The van der Waals surface area contributed by atoms with E-state index >= 15 is 0 Å². The summed E-state index contributed by atoms with van der Waals surface area (Å²) in [5.74, 6) is -0.191. The van der Waals surface area contributed by atoms with Gasteiger partial charge in [0.1, 0.15) is 0 Å². The Bertz CT molecular complexity index is 415. The molecule has 0 N–H and O–H groups in total. The fourth-order valence-corrected chi connectivity index (χ4v) is 3.96. The fourth-order valence-electron chi connectivity index (χ4n) is 3.96. The Labute approximate surface area is 186 Å². The molecule has 1 aliphatic rings. The van der Waals surface area contributed by atoms with Gasteiger partial charge in [-0.05, 0) is 51.4 Å². The number of hydrogen-bond acceptors (Lipinski definition) is 4. The van der Waals surface area contributed by atoms with Crippen molar-refractivity contribution in [3.05, 3.63) is 12.2 Å². The van der Waals surface area contributed by atoms with Crippen LogP contribution in [0.2, 0.25) is 0 Å². The van der Waals surface area contributed by atoms with Crippen LogP contribution in [0.4, 0.5) is 0 Å². The monoisotopic (exact) mass is 424 g/mol. The van der Waals surface area contributed by atoms with E-state index in [0.717, 1.165) is 38.7 Å². The zero-order valence-corrected chi connectivity index (χ0v) is 19.9. The maximum absolute atomic E-state index is 11.7. The summed E-state index contributed by atoms with van der Waals surface area (Å²) in [5, 5.41) is 0. The molecular formula is C26H48O4. The van der Waals surface area contributed by atoms with E-state index in [4.69, 9.17) is 14.2 Å². The van der Waals surface area contributed by atoms with Crippen LogP contribution in [0.1, 0.15) is 122 Å². The molecule has 0 aromatic heterocycles. The highest BCUT2D eigenvalue weighted by Crippen LogP contribution is 2.20. The molecule has 2 atom stereocenters. The first-order chi connectivity index (χ1) is 14.8. The molecule has 4 nitrogen and oxygen atoms in total. The average molecular weight is 425 g/mol. The maximum atomic E-state index is 11.7. The topological polar surface area (TPSA) is 44.8 Å². The van der Waals surface area contributed by atoms with Gasteiger partial charge in [0.2, 0.25) is 0 Å². The Kier molecular flexibility index (Phi) is 18.2. The minimum Gasteiger partial charge on any atom is -0.469 e. The number of rotatable bonds is 19. The summed E-state index contributed by atoms with van der Waals surface area (Å²) >= 11 is 0. The second kappa shape index (κ2) is 20.1. The maximum Gasteiger partial charge on any atom is 0.308 e. The van der Waals surface area contributed by atoms with Crippen LogP contribution in [0, 0.1) is 0 Å². The molecule has 1 rings (SSSR count). The van der Waals surface area contributed by atoms with Crippen molar-refractivity contribution in [3.63, 3.8) is 0 Å². The van der Waals surface area contributed by atoms with Crippen molar-refractivity contribution in [2.45, 2.75) is 135 Å². The number of hydrogen-bond donors (Lipinski definition) is 0. The molecule has 0 aliphatic carbocycles. The molecule has 1 heterocycles. The number of carbonyl (C=O) groups is 1. The summed E-state index contributed by atoms with van der Waals surface area (Å²) in [7, 11) is 1.44. The molecular weight excluding hydrogens is 376 g/mol. The first-order valence-electron chi connectivity index (χ1n) is 12.7. The lowest BCUT2D eigenvalue weighted by molar-refractivity contribution is -0.193. The Morgan fingerprint density at radius 2 is 1.57 bits per heavy atom. The van der Waals surface area contributed by atoms with Crippen LogP contribution in [0.5, 0.6) is 0 Å². The van der Waals surface area contributed by atoms with Crippen molar-refractivity contribution in [2.75, 3.05) is 13.7 Å². The van der Waals surface area contributed by atoms with Gasteiger partial charge in [-0.3, -0.25) is 4.79 Å². The van der Waals surface area contributed by atoms with Gasteiger partial charge in [0.05, 0.1) is 19.6 Å². The van der Waals surface area contributed by atoms with Gasteiger partial charge in [-0.2, -0.15) is 0 Å². The van der Waals surface area contributed by atoms with Crippen molar-refractivity contribution in [2.24, 2.45) is 0 Å². The van der Waals surface area contributed by atoms with Gasteiger partial charge >= 0.3 is 5.97 Å². The van der Waals surface area contributed by atoms with E-state index in [1.165, 1.54) is 84.2 Å². The van der Waals surface area contributed by atoms with Crippen LogP contribution in [0.25, 0.3) is 0 Å². The van der Waals surface area contributed by atoms with Crippen molar-refractivity contribution in [1.82, 2.24) is 0 Å². The zero-order chi connectivity index (χ0) is 21.7. The number of methoxy groups -OCH3 is 1. The SMILES string of the molecule is CCCCCCCC/C=C\CCCCCCC[C@@H](CC(=O)OC)OC1CCCCO1. The van der Waals surface area contributed by atoms with Crippen LogP contribution < -0.4 is 0 Å². The summed E-state index contributed by atoms with van der Waals surface area (Å²) in [6.45, 7) is 3.04. The molecule has 1 fully saturated rings. The molecule has 0 saturated carbocycles. The highest BCUT2D eigenvalue weighted by atomic mass is 16.7. The second-order valence-corrected chi connectivity index (χ2v) is 8.71. The Morgan fingerprint density at radius 1 is 0.933 bits per heavy atom. The van der Waals surface area contributed by atoms with Gasteiger partial charge in [-0.25, -0.2) is 0 Å². The van der Waals surface area contributed by atoms with E-state index in [2.05, 4.69) is 19.1 Å². The molecule has 0 spiro atoms. The quantitative estimate of drug-likeness (QED) is 0.122. The first kappa shape index (κ1) is 27.2. The molecule has 0 aromatic carbocycles. The van der Waals surface area contributed by atoms with E-state index < -0.39 is 0 Å². The summed E-state index contributed by atoms with van der Waals surface area (Å²) < 4.78 is 16.6. The Balaban J connectivity index is 2.00. The lowest BCUT2D eigenvalue weighted by Crippen LogP contribution is -2.29. The highest BCUT2D eigenvalue weighted by Gasteiger charge is 2.22. The minimum absolute atomic E-state index is 0.0783. The van der Waals surface area contributed by atoms with Crippen molar-refractivity contribution < 1.29 is 19.0 Å². The zero-order valence-electron chi connectivity index (χ0n) is 19.9. The predicted molar refractivity (Wildman–Crippen MR) is 125 cm³/mol. The average Bonchev–Trinajstić information content (AvgIpc) is 2.77. The Hall–Kier alpha value is -0.870. The molecule has 176 valence electrons. The summed E-state index contributed by atoms with van der Waals surface area (Å²) in [6, 6.07) is 0. The molecule has 30 heavy (non-hydrogen) atoms. The molecule has 1 saturated heterocycles. The number of esters is 1. The van der Waals surface area contributed by atoms with E-state index in [-0.39, 0.29) is 18.4 Å².